The number of benzene rings is 1. The smallest absolute Gasteiger partial charge is 0.258 e. The van der Waals surface area contributed by atoms with E-state index < -0.39 is 11.6 Å². The van der Waals surface area contributed by atoms with Gasteiger partial charge in [0.1, 0.15) is 23.9 Å². The quantitative estimate of drug-likeness (QED) is 0.443. The van der Waals surface area contributed by atoms with Crippen LogP contribution in [0.1, 0.15) is 66.0 Å². The van der Waals surface area contributed by atoms with Gasteiger partial charge in [-0.15, -0.1) is 0 Å². The number of carbonyl (C=O) groups excluding carboxylic acids is 1. The summed E-state index contributed by atoms with van der Waals surface area (Å²) in [6.45, 7) is 3.17. The Morgan fingerprint density at radius 1 is 1.18 bits per heavy atom. The lowest BCUT2D eigenvalue weighted by atomic mass is 9.80. The SMILES string of the molecule is Cc1cn2c(C(=O)CCC3CCC(C#N)CC3)c(C)nc2c(OCc2c(F)cccc2F)n1. The van der Waals surface area contributed by atoms with Gasteiger partial charge in [0.05, 0.1) is 23.0 Å². The van der Waals surface area contributed by atoms with Crippen molar-refractivity contribution in [2.75, 3.05) is 0 Å². The molecule has 1 aliphatic rings. The third-order valence-corrected chi connectivity index (χ3v) is 6.36. The maximum atomic E-state index is 14.0. The van der Waals surface area contributed by atoms with Gasteiger partial charge in [-0.25, -0.2) is 18.7 Å². The van der Waals surface area contributed by atoms with Crippen molar-refractivity contribution < 1.29 is 18.3 Å². The second kappa shape index (κ2) is 9.65. The molecule has 0 radical (unpaired) electrons. The highest BCUT2D eigenvalue weighted by Crippen LogP contribution is 2.32. The lowest BCUT2D eigenvalue weighted by molar-refractivity contribution is 0.0962. The van der Waals surface area contributed by atoms with E-state index in [0.717, 1.165) is 32.1 Å². The molecule has 6 nitrogen and oxygen atoms in total. The normalized spacial score (nSPS) is 18.3. The number of ketones is 1. The van der Waals surface area contributed by atoms with Crippen LogP contribution < -0.4 is 4.74 Å². The molecule has 4 rings (SSSR count). The molecular formula is C25H26F2N4O2. The largest absolute Gasteiger partial charge is 0.470 e. The first-order valence-electron chi connectivity index (χ1n) is 11.2. The topological polar surface area (TPSA) is 80.3 Å². The lowest BCUT2D eigenvalue weighted by Crippen LogP contribution is -2.15. The van der Waals surface area contributed by atoms with Crippen LogP contribution in [0.5, 0.6) is 5.88 Å². The number of hydrogen-bond acceptors (Lipinski definition) is 5. The zero-order valence-electron chi connectivity index (χ0n) is 18.8. The highest BCUT2D eigenvalue weighted by molar-refractivity contribution is 5.96. The van der Waals surface area contributed by atoms with E-state index in [9.17, 15) is 13.6 Å². The summed E-state index contributed by atoms with van der Waals surface area (Å²) >= 11 is 0. The van der Waals surface area contributed by atoms with Crippen LogP contribution in [-0.2, 0) is 6.61 Å². The van der Waals surface area contributed by atoms with Crippen LogP contribution in [0.2, 0.25) is 0 Å². The van der Waals surface area contributed by atoms with Crippen LogP contribution in [-0.4, -0.2) is 20.2 Å². The molecule has 172 valence electrons. The number of nitrogens with zero attached hydrogens (tertiary/aromatic N) is 4. The van der Waals surface area contributed by atoms with E-state index in [4.69, 9.17) is 10.00 Å². The zero-order chi connectivity index (χ0) is 23.5. The van der Waals surface area contributed by atoms with Crippen LogP contribution in [0.15, 0.2) is 24.4 Å². The fraction of sp³-hybridized carbons (Fsp3) is 0.440. The molecule has 2 aromatic heterocycles. The Hall–Kier alpha value is -3.34. The van der Waals surface area contributed by atoms with E-state index in [2.05, 4.69) is 16.0 Å². The number of nitriles is 1. The van der Waals surface area contributed by atoms with Crippen LogP contribution in [0.25, 0.3) is 5.65 Å². The van der Waals surface area contributed by atoms with Gasteiger partial charge in [0.2, 0.25) is 5.65 Å². The van der Waals surface area contributed by atoms with Gasteiger partial charge in [0.15, 0.2) is 5.78 Å². The molecule has 0 N–H and O–H groups in total. The molecule has 0 atom stereocenters. The molecule has 0 aliphatic heterocycles. The van der Waals surface area contributed by atoms with Crippen LogP contribution in [0.3, 0.4) is 0 Å². The molecule has 3 aromatic rings. The minimum absolute atomic E-state index is 0.0147. The number of rotatable bonds is 7. The number of fused-ring (bicyclic) bond motifs is 1. The molecule has 0 spiro atoms. The Balaban J connectivity index is 1.53. The molecule has 8 heteroatoms. The monoisotopic (exact) mass is 452 g/mol. The van der Waals surface area contributed by atoms with Crippen molar-refractivity contribution in [3.05, 3.63) is 58.7 Å². The van der Waals surface area contributed by atoms with Gasteiger partial charge in [0.25, 0.3) is 5.88 Å². The van der Waals surface area contributed by atoms with E-state index in [0.29, 0.717) is 35.1 Å². The van der Waals surface area contributed by atoms with Crippen LogP contribution in [0, 0.1) is 48.6 Å². The second-order valence-electron chi connectivity index (χ2n) is 8.72. The van der Waals surface area contributed by atoms with E-state index in [-0.39, 0.29) is 29.8 Å². The van der Waals surface area contributed by atoms with Crippen molar-refractivity contribution in [1.82, 2.24) is 14.4 Å². The van der Waals surface area contributed by atoms with Crippen molar-refractivity contribution in [2.45, 2.75) is 59.0 Å². The average molecular weight is 453 g/mol. The van der Waals surface area contributed by atoms with Gasteiger partial charge < -0.3 is 4.74 Å². The summed E-state index contributed by atoms with van der Waals surface area (Å²) in [5.41, 5.74) is 1.77. The first kappa shape index (κ1) is 22.8. The Bertz CT molecular complexity index is 1200. The summed E-state index contributed by atoms with van der Waals surface area (Å²) < 4.78 is 35.3. The Morgan fingerprint density at radius 2 is 1.88 bits per heavy atom. The number of ether oxygens (including phenoxy) is 1. The minimum Gasteiger partial charge on any atom is -0.470 e. The van der Waals surface area contributed by atoms with Crippen LogP contribution in [0.4, 0.5) is 8.78 Å². The van der Waals surface area contributed by atoms with Crippen molar-refractivity contribution in [3.63, 3.8) is 0 Å². The summed E-state index contributed by atoms with van der Waals surface area (Å²) in [5, 5.41) is 9.06. The molecule has 0 bridgehead atoms. The predicted octanol–water partition coefficient (Wildman–Crippen LogP) is 5.50. The molecule has 0 saturated heterocycles. The summed E-state index contributed by atoms with van der Waals surface area (Å²) in [6, 6.07) is 5.97. The summed E-state index contributed by atoms with van der Waals surface area (Å²) in [6.07, 6.45) is 6.66. The molecule has 1 aromatic carbocycles. The Labute approximate surface area is 191 Å². The van der Waals surface area contributed by atoms with E-state index >= 15 is 0 Å². The second-order valence-corrected chi connectivity index (χ2v) is 8.72. The van der Waals surface area contributed by atoms with Gasteiger partial charge >= 0.3 is 0 Å². The number of carbonyl (C=O) groups is 1. The Kier molecular flexibility index (Phi) is 6.68. The third kappa shape index (κ3) is 4.87. The molecule has 2 heterocycles. The minimum atomic E-state index is -0.696. The van der Waals surface area contributed by atoms with Crippen molar-refractivity contribution in [3.8, 4) is 11.9 Å². The molecular weight excluding hydrogens is 426 g/mol. The lowest BCUT2D eigenvalue weighted by Gasteiger charge is -2.24. The summed E-state index contributed by atoms with van der Waals surface area (Å²) in [5.74, 6) is -0.690. The maximum absolute atomic E-state index is 14.0. The van der Waals surface area contributed by atoms with Crippen LogP contribution >= 0.6 is 0 Å². The van der Waals surface area contributed by atoms with E-state index in [1.807, 2.05) is 0 Å². The van der Waals surface area contributed by atoms with Gasteiger partial charge in [-0.2, -0.15) is 5.26 Å². The summed E-state index contributed by atoms with van der Waals surface area (Å²) in [4.78, 5) is 21.9. The summed E-state index contributed by atoms with van der Waals surface area (Å²) in [7, 11) is 0. The van der Waals surface area contributed by atoms with Gasteiger partial charge in [-0.3, -0.25) is 9.20 Å². The number of hydrogen-bond donors (Lipinski definition) is 0. The fourth-order valence-electron chi connectivity index (χ4n) is 4.53. The highest BCUT2D eigenvalue weighted by atomic mass is 19.1. The zero-order valence-corrected chi connectivity index (χ0v) is 18.8. The molecule has 0 amide bonds. The Morgan fingerprint density at radius 3 is 2.55 bits per heavy atom. The number of aromatic nitrogens is 3. The van der Waals surface area contributed by atoms with Gasteiger partial charge in [-0.05, 0) is 64.0 Å². The number of imidazole rings is 1. The first-order valence-corrected chi connectivity index (χ1v) is 11.2. The average Bonchev–Trinajstić information content (AvgIpc) is 3.13. The van der Waals surface area contributed by atoms with Crippen molar-refractivity contribution in [2.24, 2.45) is 11.8 Å². The fourth-order valence-corrected chi connectivity index (χ4v) is 4.53. The van der Waals surface area contributed by atoms with Crippen molar-refractivity contribution >= 4 is 11.4 Å². The maximum Gasteiger partial charge on any atom is 0.258 e. The highest BCUT2D eigenvalue weighted by Gasteiger charge is 2.24. The van der Waals surface area contributed by atoms with E-state index in [1.165, 1.54) is 18.2 Å². The molecule has 33 heavy (non-hydrogen) atoms. The molecule has 1 fully saturated rings. The molecule has 1 aliphatic carbocycles. The van der Waals surface area contributed by atoms with E-state index in [1.54, 1.807) is 24.4 Å². The third-order valence-electron chi connectivity index (χ3n) is 6.36. The number of aryl methyl sites for hydroxylation is 2. The van der Waals surface area contributed by atoms with Crippen molar-refractivity contribution in [1.29, 1.82) is 5.26 Å². The molecule has 0 unspecified atom stereocenters. The van der Waals surface area contributed by atoms with Gasteiger partial charge in [0, 0.05) is 18.5 Å². The molecule has 1 saturated carbocycles. The predicted molar refractivity (Wildman–Crippen MR) is 118 cm³/mol. The number of Topliss-reactive ketones (excluding diaryl/α,β-unsaturated/α-hetero) is 1. The number of halogens is 2. The van der Waals surface area contributed by atoms with Gasteiger partial charge in [-0.1, -0.05) is 6.07 Å². The standard InChI is InChI=1S/C25H26F2N4O2/c1-15-13-31-23(22(32)11-10-17-6-8-18(12-28)9-7-17)16(2)30-24(31)25(29-15)33-14-19-20(26)4-3-5-21(19)27/h3-5,13,17-18H,6-11,14H2,1-2H3. The first-order chi connectivity index (χ1) is 15.9.